The topological polar surface area (TPSA) is 50.3 Å². The highest BCUT2D eigenvalue weighted by Crippen LogP contribution is 2.25. The minimum absolute atomic E-state index is 0.528. The van der Waals surface area contributed by atoms with Gasteiger partial charge in [0.2, 0.25) is 0 Å². The molecule has 0 fully saturated rings. The first-order valence-corrected chi connectivity index (χ1v) is 10.2. The molecule has 0 saturated heterocycles. The van der Waals surface area contributed by atoms with Crippen LogP contribution in [-0.2, 0) is 10.5 Å². The molecule has 5 nitrogen and oxygen atoms in total. The predicted octanol–water partition coefficient (Wildman–Crippen LogP) is 5.44. The van der Waals surface area contributed by atoms with Crippen LogP contribution in [0, 0.1) is 0 Å². The summed E-state index contributed by atoms with van der Waals surface area (Å²) in [5.74, 6) is 2.17. The van der Waals surface area contributed by atoms with Crippen molar-refractivity contribution in [1.29, 1.82) is 0 Å². The number of anilines is 2. The summed E-state index contributed by atoms with van der Waals surface area (Å²) in [6, 6.07) is 10.2. The van der Waals surface area contributed by atoms with Crippen LogP contribution in [0.2, 0.25) is 0 Å². The van der Waals surface area contributed by atoms with Gasteiger partial charge in [0.1, 0.15) is 17.9 Å². The Morgan fingerprint density at radius 3 is 2.71 bits per heavy atom. The zero-order chi connectivity index (χ0) is 20.4. The Bertz CT molecular complexity index is 831. The molecular weight excluding hydrogens is 368 g/mol. The molecule has 1 aromatic carbocycles. The fourth-order valence-electron chi connectivity index (χ4n) is 2.58. The summed E-state index contributed by atoms with van der Waals surface area (Å²) in [5, 5.41) is 3.36. The van der Waals surface area contributed by atoms with E-state index in [0.29, 0.717) is 11.6 Å². The summed E-state index contributed by atoms with van der Waals surface area (Å²) in [6.45, 7) is 14.1. The van der Waals surface area contributed by atoms with E-state index in [0.717, 1.165) is 35.8 Å². The van der Waals surface area contributed by atoms with Crippen molar-refractivity contribution >= 4 is 29.0 Å². The van der Waals surface area contributed by atoms with Crippen LogP contribution < -0.4 is 5.32 Å². The predicted molar refractivity (Wildman–Crippen MR) is 120 cm³/mol. The number of methoxy groups -OCH3 is 1. The molecular formula is C22H28N4OS. The lowest BCUT2D eigenvalue weighted by molar-refractivity contribution is 0.312. The van der Waals surface area contributed by atoms with E-state index in [1.807, 2.05) is 30.2 Å². The smallest absolute Gasteiger partial charge is 0.134 e. The van der Waals surface area contributed by atoms with Crippen molar-refractivity contribution in [2.75, 3.05) is 25.5 Å². The van der Waals surface area contributed by atoms with E-state index < -0.39 is 0 Å². The Morgan fingerprint density at radius 2 is 2.04 bits per heavy atom. The van der Waals surface area contributed by atoms with Crippen molar-refractivity contribution in [2.24, 2.45) is 0 Å². The fourth-order valence-corrected chi connectivity index (χ4v) is 3.46. The van der Waals surface area contributed by atoms with E-state index in [1.54, 1.807) is 13.2 Å². The van der Waals surface area contributed by atoms with Crippen LogP contribution in [0.4, 0.5) is 11.5 Å². The van der Waals surface area contributed by atoms with E-state index >= 15 is 0 Å². The number of allylic oxidation sites excluding steroid dienone is 3. The van der Waals surface area contributed by atoms with Gasteiger partial charge in [0.05, 0.1) is 12.8 Å². The van der Waals surface area contributed by atoms with Crippen molar-refractivity contribution < 1.29 is 4.74 Å². The summed E-state index contributed by atoms with van der Waals surface area (Å²) >= 11 is 1.85. The van der Waals surface area contributed by atoms with Gasteiger partial charge in [0.25, 0.3) is 0 Å². The molecule has 0 bridgehead atoms. The first-order valence-electron chi connectivity index (χ1n) is 9.23. The lowest BCUT2D eigenvalue weighted by Crippen LogP contribution is -2.14. The molecule has 0 amide bonds. The third-order valence-corrected chi connectivity index (χ3v) is 5.44. The highest BCUT2D eigenvalue weighted by molar-refractivity contribution is 7.96. The van der Waals surface area contributed by atoms with Gasteiger partial charge < -0.3 is 10.1 Å². The van der Waals surface area contributed by atoms with Gasteiger partial charge in [-0.05, 0) is 23.8 Å². The molecule has 0 saturated carbocycles. The van der Waals surface area contributed by atoms with Crippen LogP contribution >= 0.6 is 11.9 Å². The van der Waals surface area contributed by atoms with Crippen LogP contribution in [-0.4, -0.2) is 34.5 Å². The van der Waals surface area contributed by atoms with E-state index in [1.165, 1.54) is 11.9 Å². The molecule has 1 heterocycles. The van der Waals surface area contributed by atoms with Crippen molar-refractivity contribution in [2.45, 2.75) is 19.6 Å². The Balaban J connectivity index is 2.16. The van der Waals surface area contributed by atoms with Crippen LogP contribution in [0.3, 0.4) is 0 Å². The van der Waals surface area contributed by atoms with Gasteiger partial charge in [0.15, 0.2) is 0 Å². The largest absolute Gasteiger partial charge is 0.497 e. The molecule has 0 radical (unpaired) electrons. The van der Waals surface area contributed by atoms with E-state index in [-0.39, 0.29) is 0 Å². The molecule has 148 valence electrons. The molecule has 0 aliphatic heterocycles. The summed E-state index contributed by atoms with van der Waals surface area (Å²) in [6.07, 6.45) is 5.03. The van der Waals surface area contributed by atoms with Crippen LogP contribution in [0.1, 0.15) is 25.1 Å². The van der Waals surface area contributed by atoms with Crippen molar-refractivity contribution in [1.82, 2.24) is 14.3 Å². The standard InChI is InChI=1S/C22H28N4OS/c1-6-10-20(17(4)27-5)21-14-22(24-16-23-21)25-19-12-9-11-18(13-19)15-28-26(7-2)8-3/h6,9-14,16H,1,4,7-8,15H2,2-3,5H3,(H,23,24,25)/b20-10+. The molecule has 0 unspecified atom stereocenters. The number of hydrogen-bond acceptors (Lipinski definition) is 6. The second kappa shape index (κ2) is 11.3. The Labute approximate surface area is 172 Å². The van der Waals surface area contributed by atoms with Gasteiger partial charge in [-0.2, -0.15) is 0 Å². The Morgan fingerprint density at radius 1 is 1.25 bits per heavy atom. The van der Waals surface area contributed by atoms with Crippen molar-refractivity contribution in [3.8, 4) is 0 Å². The van der Waals surface area contributed by atoms with E-state index in [4.69, 9.17) is 4.74 Å². The third kappa shape index (κ3) is 6.25. The number of aromatic nitrogens is 2. The second-order valence-corrected chi connectivity index (χ2v) is 7.01. The van der Waals surface area contributed by atoms with Crippen LogP contribution in [0.25, 0.3) is 5.57 Å². The van der Waals surface area contributed by atoms with Gasteiger partial charge in [-0.15, -0.1) is 0 Å². The van der Waals surface area contributed by atoms with Gasteiger partial charge in [-0.1, -0.05) is 57.2 Å². The average Bonchev–Trinajstić information content (AvgIpc) is 2.72. The minimum atomic E-state index is 0.528. The zero-order valence-electron chi connectivity index (χ0n) is 16.8. The van der Waals surface area contributed by atoms with Crippen molar-refractivity contribution in [3.63, 3.8) is 0 Å². The van der Waals surface area contributed by atoms with Gasteiger partial charge in [-0.25, -0.2) is 9.97 Å². The van der Waals surface area contributed by atoms with Crippen LogP contribution in [0.15, 0.2) is 67.7 Å². The molecule has 0 spiro atoms. The number of ether oxygens (including phenoxy) is 1. The summed E-state index contributed by atoms with van der Waals surface area (Å²) < 4.78 is 7.60. The summed E-state index contributed by atoms with van der Waals surface area (Å²) in [4.78, 5) is 8.67. The molecule has 0 aliphatic rings. The lowest BCUT2D eigenvalue weighted by Gasteiger charge is -2.16. The Kier molecular flexibility index (Phi) is 8.78. The average molecular weight is 397 g/mol. The lowest BCUT2D eigenvalue weighted by atomic mass is 10.1. The second-order valence-electron chi connectivity index (χ2n) is 5.94. The summed E-state index contributed by atoms with van der Waals surface area (Å²) in [7, 11) is 1.58. The highest BCUT2D eigenvalue weighted by atomic mass is 32.2. The molecule has 28 heavy (non-hydrogen) atoms. The number of rotatable bonds is 11. The molecule has 2 rings (SSSR count). The first kappa shape index (κ1) is 21.7. The monoisotopic (exact) mass is 396 g/mol. The number of benzene rings is 1. The van der Waals surface area contributed by atoms with Crippen molar-refractivity contribution in [3.05, 3.63) is 79.0 Å². The Hall–Kier alpha value is -2.57. The molecule has 2 aromatic rings. The maximum absolute atomic E-state index is 5.26. The SMILES string of the molecule is C=C/C=C(\C(=C)OC)c1cc(Nc2cccc(CSN(CC)CC)c2)ncn1. The number of nitrogens with one attached hydrogen (secondary N) is 1. The zero-order valence-corrected chi connectivity index (χ0v) is 17.6. The van der Waals surface area contributed by atoms with Crippen LogP contribution in [0.5, 0.6) is 0 Å². The van der Waals surface area contributed by atoms with Gasteiger partial charge >= 0.3 is 0 Å². The third-order valence-electron chi connectivity index (χ3n) is 4.09. The fraction of sp³-hybridized carbons (Fsp3) is 0.273. The normalized spacial score (nSPS) is 11.4. The minimum Gasteiger partial charge on any atom is -0.497 e. The quantitative estimate of drug-likeness (QED) is 0.310. The number of nitrogens with zero attached hydrogens (tertiary/aromatic N) is 3. The van der Waals surface area contributed by atoms with E-state index in [2.05, 4.69) is 64.8 Å². The molecule has 0 aliphatic carbocycles. The van der Waals surface area contributed by atoms with Gasteiger partial charge in [0, 0.05) is 36.2 Å². The maximum atomic E-state index is 5.26. The molecule has 1 N–H and O–H groups in total. The van der Waals surface area contributed by atoms with Gasteiger partial charge in [-0.3, -0.25) is 4.31 Å². The molecule has 0 atom stereocenters. The highest BCUT2D eigenvalue weighted by Gasteiger charge is 2.09. The van der Waals surface area contributed by atoms with E-state index in [9.17, 15) is 0 Å². The number of hydrogen-bond donors (Lipinski definition) is 1. The maximum Gasteiger partial charge on any atom is 0.134 e. The summed E-state index contributed by atoms with van der Waals surface area (Å²) in [5.41, 5.74) is 3.74. The molecule has 1 aromatic heterocycles. The molecule has 6 heteroatoms. The first-order chi connectivity index (χ1) is 13.6.